The van der Waals surface area contributed by atoms with Gasteiger partial charge in [0.2, 0.25) is 0 Å². The molecule has 1 fully saturated rings. The Kier molecular flexibility index (Phi) is 6.31. The summed E-state index contributed by atoms with van der Waals surface area (Å²) in [6.45, 7) is 1.99. The lowest BCUT2D eigenvalue weighted by atomic mass is 9.99. The van der Waals surface area contributed by atoms with Crippen molar-refractivity contribution in [2.24, 2.45) is 0 Å². The largest absolute Gasteiger partial charge is 0.507 e. The monoisotopic (exact) mass is 497 g/mol. The number of thiophene rings is 1. The van der Waals surface area contributed by atoms with Crippen LogP contribution in [0.25, 0.3) is 5.76 Å². The van der Waals surface area contributed by atoms with Gasteiger partial charge in [-0.05, 0) is 72.5 Å². The molecule has 2 heterocycles. The third kappa shape index (κ3) is 4.36. The number of aliphatic hydroxyl groups is 1. The molecule has 1 aliphatic heterocycles. The molecule has 1 atom stereocenters. The molecule has 3 aromatic carbocycles. The predicted molar refractivity (Wildman–Crippen MR) is 140 cm³/mol. The number of hydrogen-bond acceptors (Lipinski definition) is 6. The van der Waals surface area contributed by atoms with Crippen LogP contribution in [0.3, 0.4) is 0 Å². The van der Waals surface area contributed by atoms with Crippen LogP contribution in [0.15, 0.2) is 95.9 Å². The van der Waals surface area contributed by atoms with Crippen LogP contribution in [-0.2, 0) is 9.59 Å². The number of nitrogens with zero attached hydrogens (tertiary/aromatic N) is 1. The Hall–Kier alpha value is -4.36. The van der Waals surface area contributed by atoms with E-state index in [1.54, 1.807) is 48.5 Å². The number of carbonyl (C=O) groups excluding carboxylic acids is 2. The average molecular weight is 498 g/mol. The number of aryl methyl sites for hydroxylation is 1. The molecule has 4 aromatic rings. The van der Waals surface area contributed by atoms with E-state index < -0.39 is 17.7 Å². The summed E-state index contributed by atoms with van der Waals surface area (Å²) < 4.78 is 11.2. The molecular weight excluding hydrogens is 474 g/mol. The molecule has 7 heteroatoms. The molecule has 0 aliphatic carbocycles. The summed E-state index contributed by atoms with van der Waals surface area (Å²) >= 11 is 1.41. The van der Waals surface area contributed by atoms with Crippen molar-refractivity contribution in [1.82, 2.24) is 0 Å². The molecule has 0 spiro atoms. The number of rotatable bonds is 6. The number of aliphatic hydroxyl groups excluding tert-OH is 1. The molecule has 1 amide bonds. The number of benzene rings is 3. The molecule has 0 bridgehead atoms. The first kappa shape index (κ1) is 23.4. The molecule has 1 aliphatic rings. The van der Waals surface area contributed by atoms with Gasteiger partial charge in [-0.25, -0.2) is 0 Å². The van der Waals surface area contributed by atoms with Gasteiger partial charge in [0, 0.05) is 16.1 Å². The van der Waals surface area contributed by atoms with E-state index in [4.69, 9.17) is 9.47 Å². The zero-order valence-corrected chi connectivity index (χ0v) is 20.5. The topological polar surface area (TPSA) is 76.1 Å². The van der Waals surface area contributed by atoms with E-state index in [1.165, 1.54) is 23.3 Å². The first-order chi connectivity index (χ1) is 17.5. The Morgan fingerprint density at radius 2 is 1.64 bits per heavy atom. The van der Waals surface area contributed by atoms with E-state index in [0.717, 1.165) is 10.4 Å². The Balaban J connectivity index is 1.54. The Labute approximate surface area is 212 Å². The second kappa shape index (κ2) is 9.71. The molecule has 36 heavy (non-hydrogen) atoms. The van der Waals surface area contributed by atoms with Crippen LogP contribution in [0.4, 0.5) is 5.69 Å². The summed E-state index contributed by atoms with van der Waals surface area (Å²) in [6, 6.07) is 24.4. The molecule has 0 radical (unpaired) electrons. The van der Waals surface area contributed by atoms with Crippen LogP contribution in [0, 0.1) is 6.92 Å². The van der Waals surface area contributed by atoms with Gasteiger partial charge in [0.15, 0.2) is 0 Å². The summed E-state index contributed by atoms with van der Waals surface area (Å²) in [6.07, 6.45) is 0. The number of ketones is 1. The lowest BCUT2D eigenvalue weighted by molar-refractivity contribution is -0.132. The Bertz CT molecular complexity index is 1460. The SMILES string of the molecule is COc1cccc(/C(O)=C2/C(=O)C(=O)N(c3ccc(Oc4cccc(C)c4)cc3)C2c2cccs2)c1. The van der Waals surface area contributed by atoms with Crippen molar-refractivity contribution in [2.75, 3.05) is 12.0 Å². The fourth-order valence-corrected chi connectivity index (χ4v) is 5.05. The maximum Gasteiger partial charge on any atom is 0.300 e. The molecule has 0 saturated carbocycles. The van der Waals surface area contributed by atoms with Crippen LogP contribution in [-0.4, -0.2) is 23.9 Å². The van der Waals surface area contributed by atoms with Gasteiger partial charge in [-0.3, -0.25) is 14.5 Å². The molecular formula is C29H23NO5S. The highest BCUT2D eigenvalue weighted by Gasteiger charge is 2.47. The first-order valence-electron chi connectivity index (χ1n) is 11.3. The zero-order valence-electron chi connectivity index (χ0n) is 19.7. The van der Waals surface area contributed by atoms with Crippen molar-refractivity contribution in [3.05, 3.63) is 112 Å². The summed E-state index contributed by atoms with van der Waals surface area (Å²) in [5, 5.41) is 13.1. The van der Waals surface area contributed by atoms with Crippen molar-refractivity contribution < 1.29 is 24.2 Å². The summed E-state index contributed by atoms with van der Waals surface area (Å²) in [5.74, 6) is 0.154. The molecule has 5 rings (SSSR count). The molecule has 6 nitrogen and oxygen atoms in total. The van der Waals surface area contributed by atoms with Crippen LogP contribution >= 0.6 is 11.3 Å². The van der Waals surface area contributed by atoms with E-state index >= 15 is 0 Å². The van der Waals surface area contributed by atoms with Crippen molar-refractivity contribution in [2.45, 2.75) is 13.0 Å². The van der Waals surface area contributed by atoms with Gasteiger partial charge in [-0.15, -0.1) is 11.3 Å². The third-order valence-corrected chi connectivity index (χ3v) is 6.87. The maximum absolute atomic E-state index is 13.3. The van der Waals surface area contributed by atoms with Crippen LogP contribution in [0.2, 0.25) is 0 Å². The van der Waals surface area contributed by atoms with Crippen LogP contribution in [0.5, 0.6) is 17.2 Å². The number of Topliss-reactive ketones (excluding diaryl/α,β-unsaturated/α-hetero) is 1. The Morgan fingerprint density at radius 3 is 2.33 bits per heavy atom. The number of ether oxygens (including phenoxy) is 2. The number of carbonyl (C=O) groups is 2. The number of methoxy groups -OCH3 is 1. The smallest absolute Gasteiger partial charge is 0.300 e. The van der Waals surface area contributed by atoms with E-state index in [0.29, 0.717) is 28.5 Å². The average Bonchev–Trinajstić information content (AvgIpc) is 3.51. The van der Waals surface area contributed by atoms with Crippen molar-refractivity contribution in [3.8, 4) is 17.2 Å². The second-order valence-corrected chi connectivity index (χ2v) is 9.31. The summed E-state index contributed by atoms with van der Waals surface area (Å²) in [4.78, 5) is 28.7. The van der Waals surface area contributed by atoms with E-state index in [-0.39, 0.29) is 11.3 Å². The maximum atomic E-state index is 13.3. The molecule has 1 N–H and O–H groups in total. The second-order valence-electron chi connectivity index (χ2n) is 8.33. The lowest BCUT2D eigenvalue weighted by Crippen LogP contribution is -2.29. The highest BCUT2D eigenvalue weighted by Crippen LogP contribution is 2.44. The van der Waals surface area contributed by atoms with Gasteiger partial charge in [0.1, 0.15) is 29.0 Å². The summed E-state index contributed by atoms with van der Waals surface area (Å²) in [5.41, 5.74) is 2.04. The fraction of sp³-hybridized carbons (Fsp3) is 0.103. The lowest BCUT2D eigenvalue weighted by Gasteiger charge is -2.24. The normalized spacial score (nSPS) is 16.8. The van der Waals surface area contributed by atoms with E-state index in [2.05, 4.69) is 0 Å². The zero-order chi connectivity index (χ0) is 25.2. The van der Waals surface area contributed by atoms with Gasteiger partial charge in [-0.1, -0.05) is 30.3 Å². The van der Waals surface area contributed by atoms with Gasteiger partial charge < -0.3 is 14.6 Å². The molecule has 1 saturated heterocycles. The van der Waals surface area contributed by atoms with Gasteiger partial charge in [-0.2, -0.15) is 0 Å². The van der Waals surface area contributed by atoms with Crippen molar-refractivity contribution in [1.29, 1.82) is 0 Å². The third-order valence-electron chi connectivity index (χ3n) is 5.94. The highest BCUT2D eigenvalue weighted by atomic mass is 32.1. The molecule has 1 unspecified atom stereocenters. The quantitative estimate of drug-likeness (QED) is 0.187. The van der Waals surface area contributed by atoms with Crippen molar-refractivity contribution in [3.63, 3.8) is 0 Å². The number of amides is 1. The van der Waals surface area contributed by atoms with Crippen LogP contribution < -0.4 is 14.4 Å². The molecule has 1 aromatic heterocycles. The number of hydrogen-bond donors (Lipinski definition) is 1. The standard InChI is InChI=1S/C29H23NO5S/c1-18-6-3-9-23(16-18)35-21-13-11-20(12-14-21)30-26(24-10-5-15-36-24)25(28(32)29(30)33)27(31)19-7-4-8-22(17-19)34-2/h3-17,26,31H,1-2H3/b27-25-. The van der Waals surface area contributed by atoms with Gasteiger partial charge >= 0.3 is 0 Å². The first-order valence-corrected chi connectivity index (χ1v) is 12.2. The fourth-order valence-electron chi connectivity index (χ4n) is 4.23. The van der Waals surface area contributed by atoms with Gasteiger partial charge in [0.05, 0.1) is 12.7 Å². The minimum atomic E-state index is -0.764. The van der Waals surface area contributed by atoms with Gasteiger partial charge in [0.25, 0.3) is 11.7 Å². The minimum absolute atomic E-state index is 0.0378. The van der Waals surface area contributed by atoms with Crippen molar-refractivity contribution >= 4 is 34.5 Å². The Morgan fingerprint density at radius 1 is 0.889 bits per heavy atom. The summed E-state index contributed by atoms with van der Waals surface area (Å²) in [7, 11) is 1.52. The molecule has 180 valence electrons. The number of anilines is 1. The van der Waals surface area contributed by atoms with E-state index in [9.17, 15) is 14.7 Å². The van der Waals surface area contributed by atoms with Crippen LogP contribution in [0.1, 0.15) is 22.0 Å². The predicted octanol–water partition coefficient (Wildman–Crippen LogP) is 6.48. The minimum Gasteiger partial charge on any atom is -0.507 e. The highest BCUT2D eigenvalue weighted by molar-refractivity contribution is 7.10. The van der Waals surface area contributed by atoms with E-state index in [1.807, 2.05) is 48.7 Å².